The van der Waals surface area contributed by atoms with Crippen LogP contribution >= 0.6 is 0 Å². The van der Waals surface area contributed by atoms with Gasteiger partial charge in [-0.15, -0.1) is 0 Å². The summed E-state index contributed by atoms with van der Waals surface area (Å²) in [7, 11) is 1.69. The lowest BCUT2D eigenvalue weighted by molar-refractivity contribution is 0.0497. The van der Waals surface area contributed by atoms with Crippen LogP contribution in [0.1, 0.15) is 29.6 Å². The maximum atomic E-state index is 12.4. The highest BCUT2D eigenvalue weighted by atomic mass is 16.7. The molecule has 1 fully saturated rings. The molecule has 1 saturated carbocycles. The molecule has 1 amide bonds. The first-order valence-electron chi connectivity index (χ1n) is 6.25. The number of benzene rings is 1. The zero-order valence-electron chi connectivity index (χ0n) is 10.7. The average Bonchev–Trinajstić information content (AvgIpc) is 2.84. The third-order valence-electron chi connectivity index (χ3n) is 3.96. The molecule has 0 radical (unpaired) electrons. The van der Waals surface area contributed by atoms with Gasteiger partial charge < -0.3 is 14.4 Å². The van der Waals surface area contributed by atoms with Gasteiger partial charge in [0.25, 0.3) is 5.91 Å². The molecule has 0 aromatic heterocycles. The van der Waals surface area contributed by atoms with Crippen molar-refractivity contribution >= 4 is 5.91 Å². The van der Waals surface area contributed by atoms with Crippen LogP contribution in [0.4, 0.5) is 0 Å². The van der Waals surface area contributed by atoms with E-state index in [0.717, 1.165) is 19.3 Å². The van der Waals surface area contributed by atoms with Gasteiger partial charge in [0.2, 0.25) is 6.79 Å². The third kappa shape index (κ3) is 1.72. The number of hydrogen-bond donors (Lipinski definition) is 0. The van der Waals surface area contributed by atoms with Crippen molar-refractivity contribution in [3.8, 4) is 17.6 Å². The van der Waals surface area contributed by atoms with Gasteiger partial charge in [-0.2, -0.15) is 5.26 Å². The first kappa shape index (κ1) is 11.8. The summed E-state index contributed by atoms with van der Waals surface area (Å²) in [6, 6.07) is 7.37. The van der Waals surface area contributed by atoms with Crippen LogP contribution in [-0.4, -0.2) is 30.2 Å². The first-order valence-corrected chi connectivity index (χ1v) is 6.25. The second kappa shape index (κ2) is 4.16. The Labute approximate surface area is 111 Å². The van der Waals surface area contributed by atoms with E-state index in [0.29, 0.717) is 17.1 Å². The van der Waals surface area contributed by atoms with Crippen molar-refractivity contribution in [2.24, 2.45) is 0 Å². The van der Waals surface area contributed by atoms with Crippen LogP contribution < -0.4 is 9.47 Å². The van der Waals surface area contributed by atoms with Crippen molar-refractivity contribution in [1.29, 1.82) is 5.26 Å². The van der Waals surface area contributed by atoms with E-state index in [2.05, 4.69) is 6.07 Å². The maximum Gasteiger partial charge on any atom is 0.255 e. The predicted octanol–water partition coefficient (Wildman–Crippen LogP) is 1.93. The fourth-order valence-corrected chi connectivity index (χ4v) is 2.45. The topological polar surface area (TPSA) is 62.6 Å². The lowest BCUT2D eigenvalue weighted by atomic mass is 9.76. The monoisotopic (exact) mass is 258 g/mol. The molecule has 1 heterocycles. The summed E-state index contributed by atoms with van der Waals surface area (Å²) in [5.74, 6) is 1.08. The number of amides is 1. The van der Waals surface area contributed by atoms with E-state index in [4.69, 9.17) is 9.47 Å². The molecule has 1 aromatic carbocycles. The van der Waals surface area contributed by atoms with Crippen molar-refractivity contribution in [3.63, 3.8) is 0 Å². The standard InChI is InChI=1S/C14H14N2O3/c1-16(14(8-15)5-2-6-14)13(17)10-3-4-11-12(7-10)19-9-18-11/h3-4,7H,2,5-6,9H2,1H3. The predicted molar refractivity (Wildman–Crippen MR) is 66.9 cm³/mol. The molecular formula is C14H14N2O3. The number of carbonyl (C=O) groups is 1. The van der Waals surface area contributed by atoms with Crippen molar-refractivity contribution in [1.82, 2.24) is 4.90 Å². The van der Waals surface area contributed by atoms with E-state index in [-0.39, 0.29) is 12.7 Å². The molecule has 0 spiro atoms. The summed E-state index contributed by atoms with van der Waals surface area (Å²) in [4.78, 5) is 14.0. The first-order chi connectivity index (χ1) is 9.16. The molecule has 0 N–H and O–H groups in total. The number of carbonyl (C=O) groups excluding carboxylic acids is 1. The highest BCUT2D eigenvalue weighted by Crippen LogP contribution is 2.38. The number of nitrogens with zero attached hydrogens (tertiary/aromatic N) is 2. The second-order valence-corrected chi connectivity index (χ2v) is 4.93. The minimum atomic E-state index is -0.631. The molecule has 1 aliphatic heterocycles. The lowest BCUT2D eigenvalue weighted by Crippen LogP contribution is -2.53. The Hall–Kier alpha value is -2.22. The molecule has 3 rings (SSSR count). The van der Waals surface area contributed by atoms with Gasteiger partial charge in [0, 0.05) is 12.6 Å². The van der Waals surface area contributed by atoms with E-state index < -0.39 is 5.54 Å². The number of ether oxygens (including phenoxy) is 2. The van der Waals surface area contributed by atoms with E-state index in [9.17, 15) is 10.1 Å². The summed E-state index contributed by atoms with van der Waals surface area (Å²) in [6.07, 6.45) is 2.49. The van der Waals surface area contributed by atoms with Crippen LogP contribution in [0.2, 0.25) is 0 Å². The fraction of sp³-hybridized carbons (Fsp3) is 0.429. The summed E-state index contributed by atoms with van der Waals surface area (Å²) in [5, 5.41) is 9.27. The minimum Gasteiger partial charge on any atom is -0.454 e. The molecular weight excluding hydrogens is 244 g/mol. The van der Waals surface area contributed by atoms with Crippen LogP contribution in [0.15, 0.2) is 18.2 Å². The molecule has 1 aliphatic carbocycles. The Morgan fingerprint density at radius 2 is 2.11 bits per heavy atom. The second-order valence-electron chi connectivity index (χ2n) is 4.93. The maximum absolute atomic E-state index is 12.4. The Balaban J connectivity index is 1.86. The smallest absolute Gasteiger partial charge is 0.255 e. The van der Waals surface area contributed by atoms with Crippen molar-refractivity contribution in [3.05, 3.63) is 23.8 Å². The highest BCUT2D eigenvalue weighted by molar-refractivity contribution is 5.95. The molecule has 1 aromatic rings. The van der Waals surface area contributed by atoms with Gasteiger partial charge in [-0.05, 0) is 37.5 Å². The minimum absolute atomic E-state index is 0.153. The van der Waals surface area contributed by atoms with E-state index in [1.54, 1.807) is 30.1 Å². The van der Waals surface area contributed by atoms with Crippen molar-refractivity contribution in [2.45, 2.75) is 24.8 Å². The molecule has 0 saturated heterocycles. The molecule has 0 unspecified atom stereocenters. The van der Waals surface area contributed by atoms with Gasteiger partial charge in [0.1, 0.15) is 5.54 Å². The zero-order chi connectivity index (χ0) is 13.5. The summed E-state index contributed by atoms with van der Waals surface area (Å²) in [5.41, 5.74) is -0.110. The fourth-order valence-electron chi connectivity index (χ4n) is 2.45. The van der Waals surface area contributed by atoms with Gasteiger partial charge in [0.05, 0.1) is 6.07 Å². The van der Waals surface area contributed by atoms with Gasteiger partial charge >= 0.3 is 0 Å². The Morgan fingerprint density at radius 3 is 2.74 bits per heavy atom. The van der Waals surface area contributed by atoms with E-state index in [1.807, 2.05) is 0 Å². The summed E-state index contributed by atoms with van der Waals surface area (Å²) >= 11 is 0. The Bertz CT molecular complexity index is 573. The van der Waals surface area contributed by atoms with Gasteiger partial charge in [0.15, 0.2) is 11.5 Å². The van der Waals surface area contributed by atoms with E-state index >= 15 is 0 Å². The Morgan fingerprint density at radius 1 is 1.37 bits per heavy atom. The molecule has 98 valence electrons. The van der Waals surface area contributed by atoms with Crippen LogP contribution in [0, 0.1) is 11.3 Å². The molecule has 5 nitrogen and oxygen atoms in total. The number of fused-ring (bicyclic) bond motifs is 1. The van der Waals surface area contributed by atoms with Gasteiger partial charge in [-0.1, -0.05) is 0 Å². The number of rotatable bonds is 2. The molecule has 19 heavy (non-hydrogen) atoms. The summed E-state index contributed by atoms with van der Waals surface area (Å²) < 4.78 is 10.5. The van der Waals surface area contributed by atoms with Gasteiger partial charge in [-0.25, -0.2) is 0 Å². The number of hydrogen-bond acceptors (Lipinski definition) is 4. The van der Waals surface area contributed by atoms with Crippen molar-refractivity contribution in [2.75, 3.05) is 13.8 Å². The lowest BCUT2D eigenvalue weighted by Gasteiger charge is -2.42. The summed E-state index contributed by atoms with van der Waals surface area (Å²) in [6.45, 7) is 0.185. The van der Waals surface area contributed by atoms with Crippen LogP contribution in [0.25, 0.3) is 0 Å². The van der Waals surface area contributed by atoms with Crippen LogP contribution in [0.3, 0.4) is 0 Å². The van der Waals surface area contributed by atoms with E-state index in [1.165, 1.54) is 0 Å². The molecule has 5 heteroatoms. The van der Waals surface area contributed by atoms with Crippen LogP contribution in [-0.2, 0) is 0 Å². The molecule has 0 bridgehead atoms. The Kier molecular flexibility index (Phi) is 2.59. The molecule has 2 aliphatic rings. The SMILES string of the molecule is CN(C(=O)c1ccc2c(c1)OCO2)C1(C#N)CCC1. The van der Waals surface area contributed by atoms with Gasteiger partial charge in [-0.3, -0.25) is 4.79 Å². The highest BCUT2D eigenvalue weighted by Gasteiger charge is 2.43. The quantitative estimate of drug-likeness (QED) is 0.813. The average molecular weight is 258 g/mol. The van der Waals surface area contributed by atoms with Crippen molar-refractivity contribution < 1.29 is 14.3 Å². The number of nitriles is 1. The zero-order valence-corrected chi connectivity index (χ0v) is 10.7. The third-order valence-corrected chi connectivity index (χ3v) is 3.96. The largest absolute Gasteiger partial charge is 0.454 e. The van der Waals surface area contributed by atoms with Crippen LogP contribution in [0.5, 0.6) is 11.5 Å². The molecule has 0 atom stereocenters. The normalized spacial score (nSPS) is 18.3.